The molecule has 0 heterocycles. The summed E-state index contributed by atoms with van der Waals surface area (Å²) in [7, 11) is 1.60. The third-order valence-corrected chi connectivity index (χ3v) is 5.28. The van der Waals surface area contributed by atoms with Crippen LogP contribution >= 0.6 is 31.9 Å². The summed E-state index contributed by atoms with van der Waals surface area (Å²) in [5, 5.41) is 14.0. The first-order valence-electron chi connectivity index (χ1n) is 8.68. The van der Waals surface area contributed by atoms with Crippen molar-refractivity contribution in [2.45, 2.75) is 13.2 Å². The van der Waals surface area contributed by atoms with Gasteiger partial charge in [0, 0.05) is 28.8 Å². The Morgan fingerprint density at radius 3 is 2.31 bits per heavy atom. The van der Waals surface area contributed by atoms with Crippen LogP contribution in [-0.4, -0.2) is 12.0 Å². The van der Waals surface area contributed by atoms with Crippen molar-refractivity contribution < 1.29 is 14.4 Å². The van der Waals surface area contributed by atoms with Crippen LogP contribution < -0.4 is 14.8 Å². The third kappa shape index (κ3) is 5.71. The Balaban J connectivity index is 1.68. The summed E-state index contributed by atoms with van der Waals surface area (Å²) in [6, 6.07) is 18.1. The second-order valence-corrected chi connectivity index (χ2v) is 7.95. The van der Waals surface area contributed by atoms with Crippen molar-refractivity contribution in [1.29, 1.82) is 0 Å². The zero-order chi connectivity index (χ0) is 20.8. The van der Waals surface area contributed by atoms with Crippen LogP contribution in [0.2, 0.25) is 0 Å². The third-order valence-electron chi connectivity index (χ3n) is 4.16. The highest BCUT2D eigenvalue weighted by molar-refractivity contribution is 9.10. The fraction of sp³-hybridized carbons (Fsp3) is 0.143. The maximum atomic E-state index is 10.7. The van der Waals surface area contributed by atoms with Crippen LogP contribution in [0.4, 0.5) is 11.4 Å². The monoisotopic (exact) mass is 520 g/mol. The molecule has 0 aliphatic carbocycles. The molecule has 3 aromatic carbocycles. The van der Waals surface area contributed by atoms with E-state index in [0.717, 1.165) is 25.8 Å². The molecule has 0 atom stereocenters. The Kier molecular flexibility index (Phi) is 7.11. The number of benzene rings is 3. The summed E-state index contributed by atoms with van der Waals surface area (Å²) < 4.78 is 13.3. The summed E-state index contributed by atoms with van der Waals surface area (Å²) >= 11 is 6.98. The van der Waals surface area contributed by atoms with E-state index in [9.17, 15) is 10.1 Å². The first kappa shape index (κ1) is 21.1. The lowest BCUT2D eigenvalue weighted by molar-refractivity contribution is -0.384. The zero-order valence-electron chi connectivity index (χ0n) is 15.5. The molecule has 6 nitrogen and oxygen atoms in total. The molecule has 150 valence electrons. The molecule has 0 saturated carbocycles. The predicted molar refractivity (Wildman–Crippen MR) is 120 cm³/mol. The van der Waals surface area contributed by atoms with Gasteiger partial charge in [-0.15, -0.1) is 0 Å². The van der Waals surface area contributed by atoms with Gasteiger partial charge in [0.05, 0.1) is 16.5 Å². The largest absolute Gasteiger partial charge is 0.493 e. The maximum absolute atomic E-state index is 10.7. The van der Waals surface area contributed by atoms with E-state index >= 15 is 0 Å². The summed E-state index contributed by atoms with van der Waals surface area (Å²) in [5.74, 6) is 1.26. The lowest BCUT2D eigenvalue weighted by Gasteiger charge is -2.15. The van der Waals surface area contributed by atoms with Crippen LogP contribution in [0.15, 0.2) is 69.6 Å². The number of rotatable bonds is 8. The molecule has 8 heteroatoms. The Morgan fingerprint density at radius 2 is 1.69 bits per heavy atom. The van der Waals surface area contributed by atoms with E-state index in [2.05, 4.69) is 37.2 Å². The van der Waals surface area contributed by atoms with E-state index in [0.29, 0.717) is 24.7 Å². The second-order valence-electron chi connectivity index (χ2n) is 6.18. The summed E-state index contributed by atoms with van der Waals surface area (Å²) in [6.07, 6.45) is 0. The number of nitro benzene ring substituents is 1. The zero-order valence-corrected chi connectivity index (χ0v) is 18.7. The molecule has 0 aliphatic heterocycles. The minimum absolute atomic E-state index is 0.0623. The highest BCUT2D eigenvalue weighted by Crippen LogP contribution is 2.37. The van der Waals surface area contributed by atoms with Gasteiger partial charge < -0.3 is 14.8 Å². The smallest absolute Gasteiger partial charge is 0.269 e. The highest BCUT2D eigenvalue weighted by Gasteiger charge is 2.12. The first-order chi connectivity index (χ1) is 14.0. The van der Waals surface area contributed by atoms with Crippen molar-refractivity contribution in [2.24, 2.45) is 0 Å². The molecule has 3 rings (SSSR count). The Bertz CT molecular complexity index is 993. The standard InChI is InChI=1S/C21H18Br2N2O4/c1-28-20-11-15(12-24-17-6-8-18(9-7-17)25(26)27)10-19(23)21(20)29-13-14-2-4-16(22)5-3-14/h2-11,24H,12-13H2,1H3. The van der Waals surface area contributed by atoms with E-state index in [4.69, 9.17) is 9.47 Å². The molecule has 0 aliphatic rings. The molecule has 0 aromatic heterocycles. The summed E-state index contributed by atoms with van der Waals surface area (Å²) in [4.78, 5) is 10.3. The fourth-order valence-electron chi connectivity index (χ4n) is 2.66. The first-order valence-corrected chi connectivity index (χ1v) is 10.3. The lowest BCUT2D eigenvalue weighted by Crippen LogP contribution is -2.03. The van der Waals surface area contributed by atoms with Crippen molar-refractivity contribution in [3.63, 3.8) is 0 Å². The Morgan fingerprint density at radius 1 is 1.00 bits per heavy atom. The van der Waals surface area contributed by atoms with Gasteiger partial charge in [0.2, 0.25) is 0 Å². The molecule has 1 N–H and O–H groups in total. The normalized spacial score (nSPS) is 10.4. The van der Waals surface area contributed by atoms with Gasteiger partial charge in [-0.05, 0) is 63.5 Å². The van der Waals surface area contributed by atoms with Gasteiger partial charge in [-0.3, -0.25) is 10.1 Å². The Hall–Kier alpha value is -2.58. The van der Waals surface area contributed by atoms with Gasteiger partial charge in [-0.2, -0.15) is 0 Å². The number of nitrogens with one attached hydrogen (secondary N) is 1. The van der Waals surface area contributed by atoms with Gasteiger partial charge in [0.15, 0.2) is 11.5 Å². The van der Waals surface area contributed by atoms with E-state index in [1.807, 2.05) is 36.4 Å². The minimum Gasteiger partial charge on any atom is -0.493 e. The van der Waals surface area contributed by atoms with Crippen molar-refractivity contribution in [1.82, 2.24) is 0 Å². The predicted octanol–water partition coefficient (Wildman–Crippen LogP) is 6.32. The number of non-ortho nitro benzene ring substituents is 1. The SMILES string of the molecule is COc1cc(CNc2ccc([N+](=O)[O-])cc2)cc(Br)c1OCc1ccc(Br)cc1. The van der Waals surface area contributed by atoms with Crippen LogP contribution in [0.25, 0.3) is 0 Å². The number of hydrogen-bond donors (Lipinski definition) is 1. The molecular weight excluding hydrogens is 504 g/mol. The number of anilines is 1. The average Bonchev–Trinajstić information content (AvgIpc) is 2.72. The van der Waals surface area contributed by atoms with Crippen LogP contribution in [0.3, 0.4) is 0 Å². The van der Waals surface area contributed by atoms with Crippen LogP contribution in [-0.2, 0) is 13.2 Å². The fourth-order valence-corrected chi connectivity index (χ4v) is 3.52. The number of ether oxygens (including phenoxy) is 2. The summed E-state index contributed by atoms with van der Waals surface area (Å²) in [6.45, 7) is 0.947. The van der Waals surface area contributed by atoms with Crippen LogP contribution in [0, 0.1) is 10.1 Å². The van der Waals surface area contributed by atoms with E-state index in [1.165, 1.54) is 12.1 Å². The molecule has 3 aromatic rings. The second kappa shape index (κ2) is 9.76. The van der Waals surface area contributed by atoms with E-state index < -0.39 is 4.92 Å². The quantitative estimate of drug-likeness (QED) is 0.277. The van der Waals surface area contributed by atoms with Crippen LogP contribution in [0.5, 0.6) is 11.5 Å². The molecule has 29 heavy (non-hydrogen) atoms. The molecule has 0 saturated heterocycles. The molecule has 0 amide bonds. The van der Waals surface area contributed by atoms with E-state index in [1.54, 1.807) is 19.2 Å². The molecule has 0 unspecified atom stereocenters. The number of nitrogens with zero attached hydrogens (tertiary/aromatic N) is 1. The number of methoxy groups -OCH3 is 1. The van der Waals surface area contributed by atoms with Gasteiger partial charge in [0.25, 0.3) is 5.69 Å². The topological polar surface area (TPSA) is 73.6 Å². The maximum Gasteiger partial charge on any atom is 0.269 e. The van der Waals surface area contributed by atoms with Gasteiger partial charge in [-0.25, -0.2) is 0 Å². The number of halogens is 2. The van der Waals surface area contributed by atoms with E-state index in [-0.39, 0.29) is 5.69 Å². The number of nitro groups is 1. The van der Waals surface area contributed by atoms with Gasteiger partial charge in [-0.1, -0.05) is 28.1 Å². The van der Waals surface area contributed by atoms with Gasteiger partial charge in [0.1, 0.15) is 6.61 Å². The molecular formula is C21H18Br2N2O4. The highest BCUT2D eigenvalue weighted by atomic mass is 79.9. The Labute approximate surface area is 185 Å². The van der Waals surface area contributed by atoms with Crippen molar-refractivity contribution in [3.05, 3.63) is 90.9 Å². The minimum atomic E-state index is -0.418. The lowest BCUT2D eigenvalue weighted by atomic mass is 10.2. The van der Waals surface area contributed by atoms with Gasteiger partial charge >= 0.3 is 0 Å². The van der Waals surface area contributed by atoms with Crippen molar-refractivity contribution in [2.75, 3.05) is 12.4 Å². The van der Waals surface area contributed by atoms with Crippen LogP contribution in [0.1, 0.15) is 11.1 Å². The number of hydrogen-bond acceptors (Lipinski definition) is 5. The van der Waals surface area contributed by atoms with Crippen molar-refractivity contribution in [3.8, 4) is 11.5 Å². The van der Waals surface area contributed by atoms with Crippen molar-refractivity contribution >= 4 is 43.2 Å². The molecule has 0 fully saturated rings. The summed E-state index contributed by atoms with van der Waals surface area (Å²) in [5.41, 5.74) is 2.88. The average molecular weight is 522 g/mol. The molecule has 0 radical (unpaired) electrons. The molecule has 0 bridgehead atoms. The molecule has 0 spiro atoms.